The topological polar surface area (TPSA) is 33.1 Å². The van der Waals surface area contributed by atoms with Gasteiger partial charge in [-0.1, -0.05) is 40.0 Å². The largest absolute Gasteiger partial charge is 0.314 e. The van der Waals surface area contributed by atoms with Gasteiger partial charge in [0.05, 0.1) is 12.2 Å². The van der Waals surface area contributed by atoms with Gasteiger partial charge in [0.1, 0.15) is 0 Å². The molecule has 0 aromatic carbocycles. The van der Waals surface area contributed by atoms with Crippen molar-refractivity contribution in [1.29, 1.82) is 0 Å². The summed E-state index contributed by atoms with van der Waals surface area (Å²) in [7, 11) is 0. The van der Waals surface area contributed by atoms with Crippen molar-refractivity contribution in [3.05, 3.63) is 18.0 Å². The lowest BCUT2D eigenvalue weighted by Crippen LogP contribution is -2.46. The average molecular weight is 375 g/mol. The van der Waals surface area contributed by atoms with E-state index in [9.17, 15) is 0 Å². The molecule has 1 saturated carbocycles. The molecule has 0 atom stereocenters. The van der Waals surface area contributed by atoms with Crippen molar-refractivity contribution in [2.24, 2.45) is 0 Å². The van der Waals surface area contributed by atoms with E-state index in [1.807, 2.05) is 0 Å². The second-order valence-corrected chi connectivity index (χ2v) is 9.20. The second-order valence-electron chi connectivity index (χ2n) is 9.20. The van der Waals surface area contributed by atoms with Crippen molar-refractivity contribution in [2.45, 2.75) is 109 Å². The van der Waals surface area contributed by atoms with E-state index in [1.54, 1.807) is 0 Å². The Morgan fingerprint density at radius 3 is 2.37 bits per heavy atom. The van der Waals surface area contributed by atoms with E-state index in [4.69, 9.17) is 0 Å². The average Bonchev–Trinajstić information content (AvgIpc) is 3.19. The molecule has 0 spiro atoms. The van der Waals surface area contributed by atoms with Gasteiger partial charge in [-0.3, -0.25) is 4.68 Å². The SMILES string of the molecule is CCCCCCNC1CCC(N2CCC(n3cc(C(C)C)cn3)CC2)CC1. The second kappa shape index (κ2) is 10.6. The predicted octanol–water partition coefficient (Wildman–Crippen LogP) is 5.12. The highest BCUT2D eigenvalue weighted by Gasteiger charge is 2.29. The number of aromatic nitrogens is 2. The maximum atomic E-state index is 4.65. The molecule has 1 saturated heterocycles. The summed E-state index contributed by atoms with van der Waals surface area (Å²) in [6.45, 7) is 10.5. The van der Waals surface area contributed by atoms with Gasteiger partial charge >= 0.3 is 0 Å². The zero-order valence-corrected chi connectivity index (χ0v) is 18.0. The standard InChI is InChI=1S/C23H42N4/c1-4-5-6-7-14-24-21-8-10-22(11-9-21)26-15-12-23(13-16-26)27-18-20(17-25-27)19(2)3/h17-19,21-24H,4-16H2,1-3H3. The summed E-state index contributed by atoms with van der Waals surface area (Å²) >= 11 is 0. The highest BCUT2D eigenvalue weighted by Crippen LogP contribution is 2.29. The quantitative estimate of drug-likeness (QED) is 0.609. The molecule has 1 aromatic heterocycles. The van der Waals surface area contributed by atoms with Crippen molar-refractivity contribution in [3.8, 4) is 0 Å². The Morgan fingerprint density at radius 2 is 1.74 bits per heavy atom. The molecule has 1 aromatic rings. The molecule has 0 unspecified atom stereocenters. The summed E-state index contributed by atoms with van der Waals surface area (Å²) in [5.41, 5.74) is 1.37. The van der Waals surface area contributed by atoms with Crippen molar-refractivity contribution in [3.63, 3.8) is 0 Å². The van der Waals surface area contributed by atoms with E-state index in [-0.39, 0.29) is 0 Å². The van der Waals surface area contributed by atoms with Crippen LogP contribution in [0.3, 0.4) is 0 Å². The van der Waals surface area contributed by atoms with E-state index in [0.717, 1.165) is 12.1 Å². The molecule has 0 bridgehead atoms. The van der Waals surface area contributed by atoms with Gasteiger partial charge in [0, 0.05) is 31.4 Å². The van der Waals surface area contributed by atoms with Crippen LogP contribution in [0, 0.1) is 0 Å². The van der Waals surface area contributed by atoms with E-state index in [1.165, 1.54) is 89.4 Å². The van der Waals surface area contributed by atoms with Crippen LogP contribution in [0.1, 0.15) is 103 Å². The molecule has 0 amide bonds. The fourth-order valence-corrected chi connectivity index (χ4v) is 4.87. The van der Waals surface area contributed by atoms with Crippen LogP contribution in [0.2, 0.25) is 0 Å². The number of nitrogens with one attached hydrogen (secondary N) is 1. The van der Waals surface area contributed by atoms with Gasteiger partial charge < -0.3 is 10.2 Å². The van der Waals surface area contributed by atoms with Crippen molar-refractivity contribution in [1.82, 2.24) is 20.0 Å². The Morgan fingerprint density at radius 1 is 1.00 bits per heavy atom. The minimum atomic E-state index is 0.578. The third-order valence-corrected chi connectivity index (χ3v) is 6.84. The van der Waals surface area contributed by atoms with Gasteiger partial charge in [0.2, 0.25) is 0 Å². The molecule has 2 heterocycles. The lowest BCUT2D eigenvalue weighted by molar-refractivity contribution is 0.0985. The third-order valence-electron chi connectivity index (χ3n) is 6.84. The molecule has 154 valence electrons. The van der Waals surface area contributed by atoms with Crippen LogP contribution in [-0.2, 0) is 0 Å². The fourth-order valence-electron chi connectivity index (χ4n) is 4.87. The van der Waals surface area contributed by atoms with Crippen LogP contribution < -0.4 is 5.32 Å². The van der Waals surface area contributed by atoms with Gasteiger partial charge in [0.15, 0.2) is 0 Å². The highest BCUT2D eigenvalue weighted by molar-refractivity contribution is 5.09. The number of nitrogens with zero attached hydrogens (tertiary/aromatic N) is 3. The minimum absolute atomic E-state index is 0.578. The molecule has 27 heavy (non-hydrogen) atoms. The Kier molecular flexibility index (Phi) is 8.20. The van der Waals surface area contributed by atoms with Crippen LogP contribution in [0.4, 0.5) is 0 Å². The molecule has 1 N–H and O–H groups in total. The molecule has 4 nitrogen and oxygen atoms in total. The van der Waals surface area contributed by atoms with Crippen LogP contribution in [-0.4, -0.2) is 46.4 Å². The summed E-state index contributed by atoms with van der Waals surface area (Å²) in [6, 6.07) is 2.21. The first-order valence-corrected chi connectivity index (χ1v) is 11.7. The molecule has 1 aliphatic heterocycles. The Hall–Kier alpha value is -0.870. The maximum absolute atomic E-state index is 4.65. The summed E-state index contributed by atoms with van der Waals surface area (Å²) < 4.78 is 2.24. The van der Waals surface area contributed by atoms with Crippen molar-refractivity contribution in [2.75, 3.05) is 19.6 Å². The van der Waals surface area contributed by atoms with Gasteiger partial charge in [0.25, 0.3) is 0 Å². The third kappa shape index (κ3) is 6.05. The first-order valence-electron chi connectivity index (χ1n) is 11.7. The highest BCUT2D eigenvalue weighted by atomic mass is 15.3. The molecular weight excluding hydrogens is 332 g/mol. The van der Waals surface area contributed by atoms with Crippen LogP contribution in [0.25, 0.3) is 0 Å². The van der Waals surface area contributed by atoms with E-state index in [2.05, 4.69) is 53.2 Å². The summed E-state index contributed by atoms with van der Waals surface area (Å²) in [6.07, 6.45) is 17.8. The molecule has 2 fully saturated rings. The number of hydrogen-bond acceptors (Lipinski definition) is 3. The molecular formula is C23H42N4. The van der Waals surface area contributed by atoms with Crippen LogP contribution >= 0.6 is 0 Å². The number of rotatable bonds is 9. The van der Waals surface area contributed by atoms with E-state index in [0.29, 0.717) is 12.0 Å². The Labute approximate surface area is 167 Å². The number of likely N-dealkylation sites (tertiary alicyclic amines) is 1. The predicted molar refractivity (Wildman–Crippen MR) is 114 cm³/mol. The van der Waals surface area contributed by atoms with Crippen LogP contribution in [0.5, 0.6) is 0 Å². The normalized spacial score (nSPS) is 25.3. The van der Waals surface area contributed by atoms with Crippen molar-refractivity contribution >= 4 is 0 Å². The fraction of sp³-hybridized carbons (Fsp3) is 0.870. The lowest BCUT2D eigenvalue weighted by atomic mass is 9.88. The van der Waals surface area contributed by atoms with Gasteiger partial charge in [-0.15, -0.1) is 0 Å². The van der Waals surface area contributed by atoms with E-state index < -0.39 is 0 Å². The molecule has 3 rings (SSSR count). The Bertz CT molecular complexity index is 522. The van der Waals surface area contributed by atoms with Crippen LogP contribution in [0.15, 0.2) is 12.4 Å². The number of piperidine rings is 1. The van der Waals surface area contributed by atoms with Gasteiger partial charge in [-0.25, -0.2) is 0 Å². The summed E-state index contributed by atoms with van der Waals surface area (Å²) in [5, 5.41) is 8.46. The van der Waals surface area contributed by atoms with Crippen molar-refractivity contribution < 1.29 is 0 Å². The lowest BCUT2D eigenvalue weighted by Gasteiger charge is -2.41. The molecule has 0 radical (unpaired) electrons. The zero-order chi connectivity index (χ0) is 19.1. The molecule has 4 heteroatoms. The zero-order valence-electron chi connectivity index (χ0n) is 18.0. The van der Waals surface area contributed by atoms with Gasteiger partial charge in [-0.2, -0.15) is 5.10 Å². The Balaban J connectivity index is 1.34. The molecule has 1 aliphatic carbocycles. The monoisotopic (exact) mass is 374 g/mol. The first-order chi connectivity index (χ1) is 13.2. The number of hydrogen-bond donors (Lipinski definition) is 1. The summed E-state index contributed by atoms with van der Waals surface area (Å²) in [5.74, 6) is 0.578. The summed E-state index contributed by atoms with van der Waals surface area (Å²) in [4.78, 5) is 2.78. The van der Waals surface area contributed by atoms with E-state index >= 15 is 0 Å². The minimum Gasteiger partial charge on any atom is -0.314 e. The maximum Gasteiger partial charge on any atom is 0.0543 e. The number of unbranched alkanes of at least 4 members (excludes halogenated alkanes) is 3. The van der Waals surface area contributed by atoms with Gasteiger partial charge in [-0.05, 0) is 63.0 Å². The first kappa shape index (κ1) is 20.9. The smallest absolute Gasteiger partial charge is 0.0543 e. The molecule has 2 aliphatic rings.